The van der Waals surface area contributed by atoms with Crippen molar-refractivity contribution in [3.8, 4) is 5.69 Å². The van der Waals surface area contributed by atoms with Crippen LogP contribution in [0, 0.1) is 6.92 Å². The van der Waals surface area contributed by atoms with Crippen molar-refractivity contribution in [2.75, 3.05) is 5.75 Å². The topological polar surface area (TPSA) is 68.0 Å². The molecule has 5 nitrogen and oxygen atoms in total. The van der Waals surface area contributed by atoms with Crippen molar-refractivity contribution < 1.29 is 9.90 Å². The van der Waals surface area contributed by atoms with Crippen molar-refractivity contribution in [1.29, 1.82) is 0 Å². The van der Waals surface area contributed by atoms with Gasteiger partial charge in [-0.2, -0.15) is 0 Å². The number of thioether (sulfide) groups is 1. The molecule has 0 saturated carbocycles. The molecule has 2 rings (SSSR count). The van der Waals surface area contributed by atoms with Gasteiger partial charge in [-0.3, -0.25) is 9.36 Å². The molecule has 2 aromatic rings. The second kappa shape index (κ2) is 5.41. The minimum Gasteiger partial charge on any atom is -0.481 e. The molecule has 1 heterocycles. The van der Waals surface area contributed by atoms with Crippen LogP contribution >= 0.6 is 23.4 Å². The number of aromatic nitrogens is 3. The Hall–Kier alpha value is -1.53. The summed E-state index contributed by atoms with van der Waals surface area (Å²) in [6.45, 7) is 1.92. The van der Waals surface area contributed by atoms with Gasteiger partial charge in [0.1, 0.15) is 6.33 Å². The fourth-order valence-electron chi connectivity index (χ4n) is 1.53. The molecule has 0 fully saturated rings. The van der Waals surface area contributed by atoms with Gasteiger partial charge in [0.2, 0.25) is 0 Å². The van der Waals surface area contributed by atoms with Crippen LogP contribution in [0.3, 0.4) is 0 Å². The number of halogens is 1. The average Bonchev–Trinajstić information content (AvgIpc) is 2.74. The van der Waals surface area contributed by atoms with E-state index in [1.165, 1.54) is 6.33 Å². The number of rotatable bonds is 4. The predicted molar refractivity (Wildman–Crippen MR) is 69.5 cm³/mol. The Kier molecular flexibility index (Phi) is 3.88. The third-order valence-corrected chi connectivity index (χ3v) is 3.50. The molecule has 0 unspecified atom stereocenters. The number of benzene rings is 1. The van der Waals surface area contributed by atoms with Gasteiger partial charge in [0.05, 0.1) is 16.5 Å². The summed E-state index contributed by atoms with van der Waals surface area (Å²) >= 11 is 7.26. The molecule has 7 heteroatoms. The van der Waals surface area contributed by atoms with E-state index in [0.29, 0.717) is 10.2 Å². The first kappa shape index (κ1) is 12.9. The fraction of sp³-hybridized carbons (Fsp3) is 0.182. The molecule has 0 aliphatic carbocycles. The summed E-state index contributed by atoms with van der Waals surface area (Å²) in [6.07, 6.45) is 1.53. The summed E-state index contributed by atoms with van der Waals surface area (Å²) in [5, 5.41) is 17.5. The standard InChI is InChI=1S/C11H10ClN3O2S/c1-7-3-2-4-8(12)10(7)15-6-13-14-11(15)18-5-9(16)17/h2-4,6H,5H2,1H3,(H,16,17). The number of hydrogen-bond acceptors (Lipinski definition) is 4. The second-order valence-electron chi connectivity index (χ2n) is 3.57. The second-order valence-corrected chi connectivity index (χ2v) is 4.92. The minimum atomic E-state index is -0.898. The Morgan fingerprint density at radius 2 is 2.33 bits per heavy atom. The number of carbonyl (C=O) groups is 1. The lowest BCUT2D eigenvalue weighted by Crippen LogP contribution is -2.02. The Morgan fingerprint density at radius 3 is 3.00 bits per heavy atom. The van der Waals surface area contributed by atoms with E-state index in [-0.39, 0.29) is 5.75 Å². The molecule has 0 saturated heterocycles. The number of hydrogen-bond donors (Lipinski definition) is 1. The van der Waals surface area contributed by atoms with Gasteiger partial charge in [0, 0.05) is 0 Å². The zero-order valence-electron chi connectivity index (χ0n) is 9.50. The molecule has 94 valence electrons. The molecule has 1 N–H and O–H groups in total. The first-order chi connectivity index (χ1) is 8.59. The maximum absolute atomic E-state index is 10.6. The first-order valence-electron chi connectivity index (χ1n) is 5.09. The third kappa shape index (κ3) is 2.65. The van der Waals surface area contributed by atoms with Gasteiger partial charge in [-0.1, -0.05) is 35.5 Å². The van der Waals surface area contributed by atoms with E-state index in [9.17, 15) is 4.79 Å². The summed E-state index contributed by atoms with van der Waals surface area (Å²) in [5.74, 6) is -0.965. The number of carboxylic acid groups (broad SMARTS) is 1. The molecule has 0 aliphatic heterocycles. The minimum absolute atomic E-state index is 0.0673. The maximum Gasteiger partial charge on any atom is 0.313 e. The van der Waals surface area contributed by atoms with E-state index in [1.54, 1.807) is 10.6 Å². The van der Waals surface area contributed by atoms with Crippen LogP contribution in [0.15, 0.2) is 29.7 Å². The average molecular weight is 284 g/mol. The highest BCUT2D eigenvalue weighted by molar-refractivity contribution is 7.99. The van der Waals surface area contributed by atoms with Gasteiger partial charge in [-0.25, -0.2) is 0 Å². The molecule has 0 aliphatic rings. The zero-order valence-corrected chi connectivity index (χ0v) is 11.1. The van der Waals surface area contributed by atoms with Crippen LogP contribution in [0.1, 0.15) is 5.56 Å². The molecule has 0 radical (unpaired) electrons. The van der Waals surface area contributed by atoms with Crippen molar-refractivity contribution >= 4 is 29.3 Å². The van der Waals surface area contributed by atoms with Gasteiger partial charge in [0.15, 0.2) is 5.16 Å². The molecule has 1 aromatic carbocycles. The maximum atomic E-state index is 10.6. The van der Waals surface area contributed by atoms with Crippen molar-refractivity contribution in [1.82, 2.24) is 14.8 Å². The summed E-state index contributed by atoms with van der Waals surface area (Å²) in [4.78, 5) is 10.6. The Morgan fingerprint density at radius 1 is 1.56 bits per heavy atom. The highest BCUT2D eigenvalue weighted by Crippen LogP contribution is 2.27. The summed E-state index contributed by atoms with van der Waals surface area (Å²) in [5.41, 5.74) is 1.75. The smallest absolute Gasteiger partial charge is 0.313 e. The Labute approximate surface area is 113 Å². The van der Waals surface area contributed by atoms with Crippen LogP contribution in [-0.4, -0.2) is 31.6 Å². The van der Waals surface area contributed by atoms with Gasteiger partial charge in [-0.15, -0.1) is 10.2 Å². The SMILES string of the molecule is Cc1cccc(Cl)c1-n1cnnc1SCC(=O)O. The van der Waals surface area contributed by atoms with Crippen molar-refractivity contribution in [2.24, 2.45) is 0 Å². The van der Waals surface area contributed by atoms with Gasteiger partial charge in [-0.05, 0) is 18.6 Å². The quantitative estimate of drug-likeness (QED) is 0.873. The van der Waals surface area contributed by atoms with Crippen LogP contribution in [-0.2, 0) is 4.79 Å². The fourth-order valence-corrected chi connectivity index (χ4v) is 2.48. The van der Waals surface area contributed by atoms with Crippen LogP contribution < -0.4 is 0 Å². The van der Waals surface area contributed by atoms with Crippen LogP contribution in [0.25, 0.3) is 5.69 Å². The lowest BCUT2D eigenvalue weighted by atomic mass is 10.2. The number of para-hydroxylation sites is 1. The Balaban J connectivity index is 2.39. The highest BCUT2D eigenvalue weighted by Gasteiger charge is 2.13. The van der Waals surface area contributed by atoms with Crippen LogP contribution in [0.2, 0.25) is 5.02 Å². The third-order valence-electron chi connectivity index (χ3n) is 2.27. The lowest BCUT2D eigenvalue weighted by molar-refractivity contribution is -0.133. The lowest BCUT2D eigenvalue weighted by Gasteiger charge is -2.10. The number of nitrogens with zero attached hydrogens (tertiary/aromatic N) is 3. The summed E-state index contributed by atoms with van der Waals surface area (Å²) < 4.78 is 1.70. The summed E-state index contributed by atoms with van der Waals surface area (Å²) in [6, 6.07) is 5.55. The van der Waals surface area contributed by atoms with E-state index >= 15 is 0 Å². The molecule has 1 aromatic heterocycles. The van der Waals surface area contributed by atoms with E-state index in [1.807, 2.05) is 19.1 Å². The van der Waals surface area contributed by atoms with E-state index in [4.69, 9.17) is 16.7 Å². The molecule has 0 amide bonds. The van der Waals surface area contributed by atoms with E-state index < -0.39 is 5.97 Å². The van der Waals surface area contributed by atoms with Gasteiger partial charge < -0.3 is 5.11 Å². The number of aliphatic carboxylic acids is 1. The van der Waals surface area contributed by atoms with Crippen LogP contribution in [0.4, 0.5) is 0 Å². The monoisotopic (exact) mass is 283 g/mol. The number of aryl methyl sites for hydroxylation is 1. The molecule has 0 spiro atoms. The molecule has 18 heavy (non-hydrogen) atoms. The van der Waals surface area contributed by atoms with Crippen molar-refractivity contribution in [3.63, 3.8) is 0 Å². The molecule has 0 bridgehead atoms. The number of carboxylic acids is 1. The summed E-state index contributed by atoms with van der Waals surface area (Å²) in [7, 11) is 0. The first-order valence-corrected chi connectivity index (χ1v) is 6.46. The Bertz CT molecular complexity index is 565. The van der Waals surface area contributed by atoms with E-state index in [2.05, 4.69) is 10.2 Å². The normalized spacial score (nSPS) is 10.6. The molecule has 0 atom stereocenters. The predicted octanol–water partition coefficient (Wildman–Crippen LogP) is 2.41. The van der Waals surface area contributed by atoms with Crippen molar-refractivity contribution in [3.05, 3.63) is 35.1 Å². The zero-order chi connectivity index (χ0) is 13.1. The van der Waals surface area contributed by atoms with Crippen LogP contribution in [0.5, 0.6) is 0 Å². The van der Waals surface area contributed by atoms with E-state index in [0.717, 1.165) is 23.0 Å². The molecular formula is C11H10ClN3O2S. The van der Waals surface area contributed by atoms with Gasteiger partial charge >= 0.3 is 5.97 Å². The largest absolute Gasteiger partial charge is 0.481 e. The molecular weight excluding hydrogens is 274 g/mol. The van der Waals surface area contributed by atoms with Gasteiger partial charge in [0.25, 0.3) is 0 Å². The highest BCUT2D eigenvalue weighted by atomic mass is 35.5. The van der Waals surface area contributed by atoms with Crippen molar-refractivity contribution in [2.45, 2.75) is 12.1 Å².